The van der Waals surface area contributed by atoms with E-state index in [0.29, 0.717) is 4.70 Å². The molecule has 3 atom stereocenters. The molecule has 3 heterocycles. The van der Waals surface area contributed by atoms with Crippen LogP contribution in [-0.2, 0) is 23.7 Å². The Morgan fingerprint density at radius 1 is 1.46 bits per heavy atom. The highest BCUT2D eigenvalue weighted by atomic mass is 32.1. The van der Waals surface area contributed by atoms with E-state index in [-0.39, 0.29) is 35.6 Å². The van der Waals surface area contributed by atoms with Crippen LogP contribution in [0.5, 0.6) is 0 Å². The number of fused-ring (bicyclic) bond motifs is 1. The fourth-order valence-electron chi connectivity index (χ4n) is 2.83. The Labute approximate surface area is 163 Å². The van der Waals surface area contributed by atoms with Gasteiger partial charge in [0.1, 0.15) is 12.7 Å². The molecule has 11 nitrogen and oxygen atoms in total. The zero-order valence-corrected chi connectivity index (χ0v) is 16.3. The molecule has 2 aromatic rings. The second-order valence-corrected chi connectivity index (χ2v) is 7.41. The van der Waals surface area contributed by atoms with Crippen molar-refractivity contribution < 1.29 is 28.5 Å². The second-order valence-electron chi connectivity index (χ2n) is 6.41. The average molecular weight is 412 g/mol. The monoisotopic (exact) mass is 412 g/mol. The lowest BCUT2D eigenvalue weighted by Crippen LogP contribution is -2.30. The summed E-state index contributed by atoms with van der Waals surface area (Å²) in [5, 5.41) is 0. The standard InChI is InChI=1S/C16H20N4O7S/c1-7(2)25-16(23)24-6-9-4-10(26-8(3)21)13(27-9)20-12-11(28-15(20)22)5-18-14(17)19-12/h5,7,9-10,13H,4,6H2,1-3H3,(H2,17,18,19). The van der Waals surface area contributed by atoms with Crippen molar-refractivity contribution >= 4 is 39.8 Å². The van der Waals surface area contributed by atoms with E-state index in [1.807, 2.05) is 0 Å². The van der Waals surface area contributed by atoms with Gasteiger partial charge in [-0.25, -0.2) is 9.78 Å². The molecule has 1 aliphatic heterocycles. The summed E-state index contributed by atoms with van der Waals surface area (Å²) in [6, 6.07) is 0. The number of ether oxygens (including phenoxy) is 4. The van der Waals surface area contributed by atoms with E-state index in [9.17, 15) is 14.4 Å². The smallest absolute Gasteiger partial charge is 0.458 e. The lowest BCUT2D eigenvalue weighted by atomic mass is 10.2. The molecule has 0 amide bonds. The van der Waals surface area contributed by atoms with Gasteiger partial charge in [0, 0.05) is 13.3 Å². The van der Waals surface area contributed by atoms with Gasteiger partial charge in [-0.15, -0.1) is 0 Å². The third-order valence-corrected chi connectivity index (χ3v) is 4.69. The SMILES string of the molecule is CC(=O)OC1CC(COC(=O)OC(C)C)OC1n1c(=O)sc2cnc(N)nc21. The quantitative estimate of drug-likeness (QED) is 0.711. The van der Waals surface area contributed by atoms with Crippen LogP contribution in [0.4, 0.5) is 10.7 Å². The minimum Gasteiger partial charge on any atom is -0.458 e. The molecular formula is C16H20N4O7S. The Bertz CT molecular complexity index is 941. The van der Waals surface area contributed by atoms with Crippen molar-refractivity contribution in [2.45, 2.75) is 51.7 Å². The number of esters is 1. The molecule has 0 radical (unpaired) electrons. The van der Waals surface area contributed by atoms with Crippen LogP contribution in [0.3, 0.4) is 0 Å². The van der Waals surface area contributed by atoms with Crippen molar-refractivity contribution in [1.82, 2.24) is 14.5 Å². The Kier molecular flexibility index (Phi) is 5.79. The Morgan fingerprint density at radius 3 is 2.89 bits per heavy atom. The van der Waals surface area contributed by atoms with E-state index >= 15 is 0 Å². The number of nitrogen functional groups attached to an aromatic ring is 1. The first-order valence-corrected chi connectivity index (χ1v) is 9.36. The zero-order chi connectivity index (χ0) is 20.4. The maximum atomic E-state index is 12.5. The Balaban J connectivity index is 1.83. The average Bonchev–Trinajstić information content (AvgIpc) is 3.11. The van der Waals surface area contributed by atoms with Gasteiger partial charge in [0.05, 0.1) is 23.1 Å². The molecule has 2 N–H and O–H groups in total. The number of thiazole rings is 1. The van der Waals surface area contributed by atoms with Gasteiger partial charge >= 0.3 is 17.0 Å². The molecule has 152 valence electrons. The highest BCUT2D eigenvalue weighted by molar-refractivity contribution is 7.16. The van der Waals surface area contributed by atoms with Gasteiger partial charge in [-0.05, 0) is 13.8 Å². The van der Waals surface area contributed by atoms with E-state index in [0.717, 1.165) is 11.3 Å². The largest absolute Gasteiger partial charge is 0.508 e. The molecule has 1 saturated heterocycles. The molecule has 0 bridgehead atoms. The molecule has 28 heavy (non-hydrogen) atoms. The van der Waals surface area contributed by atoms with Gasteiger partial charge in [0.25, 0.3) is 0 Å². The molecule has 0 aliphatic carbocycles. The van der Waals surface area contributed by atoms with Crippen LogP contribution in [0, 0.1) is 0 Å². The fourth-order valence-corrected chi connectivity index (χ4v) is 3.65. The van der Waals surface area contributed by atoms with Crippen LogP contribution in [0.1, 0.15) is 33.4 Å². The van der Waals surface area contributed by atoms with E-state index in [2.05, 4.69) is 9.97 Å². The Morgan fingerprint density at radius 2 is 2.21 bits per heavy atom. The molecule has 3 rings (SSSR count). The van der Waals surface area contributed by atoms with Gasteiger partial charge in [0.15, 0.2) is 11.9 Å². The maximum Gasteiger partial charge on any atom is 0.508 e. The van der Waals surface area contributed by atoms with Crippen LogP contribution in [0.25, 0.3) is 10.3 Å². The molecule has 3 unspecified atom stereocenters. The van der Waals surface area contributed by atoms with Crippen molar-refractivity contribution in [3.05, 3.63) is 15.9 Å². The highest BCUT2D eigenvalue weighted by Crippen LogP contribution is 2.33. The molecule has 0 saturated carbocycles. The van der Waals surface area contributed by atoms with Gasteiger partial charge in [-0.2, -0.15) is 4.98 Å². The first-order chi connectivity index (χ1) is 13.2. The predicted molar refractivity (Wildman–Crippen MR) is 97.7 cm³/mol. The fraction of sp³-hybridized carbons (Fsp3) is 0.562. The number of carbonyl (C=O) groups is 2. The Hall–Kier alpha value is -2.73. The lowest BCUT2D eigenvalue weighted by molar-refractivity contribution is -0.152. The molecule has 2 aromatic heterocycles. The number of aromatic nitrogens is 3. The summed E-state index contributed by atoms with van der Waals surface area (Å²) in [5.41, 5.74) is 5.92. The van der Waals surface area contributed by atoms with E-state index in [1.54, 1.807) is 13.8 Å². The first-order valence-electron chi connectivity index (χ1n) is 8.54. The number of hydrogen-bond donors (Lipinski definition) is 1. The lowest BCUT2D eigenvalue weighted by Gasteiger charge is -2.19. The highest BCUT2D eigenvalue weighted by Gasteiger charge is 2.41. The molecule has 1 fully saturated rings. The van der Waals surface area contributed by atoms with Crippen molar-refractivity contribution in [3.63, 3.8) is 0 Å². The number of nitrogens with zero attached hydrogens (tertiary/aromatic N) is 3. The van der Waals surface area contributed by atoms with Gasteiger partial charge in [-0.1, -0.05) is 11.3 Å². The summed E-state index contributed by atoms with van der Waals surface area (Å²) in [7, 11) is 0. The zero-order valence-electron chi connectivity index (χ0n) is 15.5. The minimum atomic E-state index is -0.936. The summed E-state index contributed by atoms with van der Waals surface area (Å²) < 4.78 is 22.9. The number of anilines is 1. The van der Waals surface area contributed by atoms with Crippen molar-refractivity contribution in [3.8, 4) is 0 Å². The summed E-state index contributed by atoms with van der Waals surface area (Å²) in [5.74, 6) is -0.529. The van der Waals surface area contributed by atoms with Crippen LogP contribution < -0.4 is 10.6 Å². The third-order valence-electron chi connectivity index (χ3n) is 3.81. The molecular weight excluding hydrogens is 392 g/mol. The minimum absolute atomic E-state index is 0.00241. The van der Waals surface area contributed by atoms with Crippen LogP contribution in [0.15, 0.2) is 11.0 Å². The topological polar surface area (TPSA) is 145 Å². The number of nitrogens with two attached hydrogens (primary N) is 1. The number of carbonyl (C=O) groups excluding carboxylic acids is 2. The van der Waals surface area contributed by atoms with Gasteiger partial charge < -0.3 is 24.7 Å². The molecule has 12 heteroatoms. The summed E-state index contributed by atoms with van der Waals surface area (Å²) in [4.78, 5) is 43.2. The summed E-state index contributed by atoms with van der Waals surface area (Å²) in [6.45, 7) is 4.53. The molecule has 0 spiro atoms. The van der Waals surface area contributed by atoms with Crippen LogP contribution in [-0.4, -0.2) is 51.6 Å². The van der Waals surface area contributed by atoms with Gasteiger partial charge in [0.2, 0.25) is 5.95 Å². The van der Waals surface area contributed by atoms with E-state index in [1.165, 1.54) is 17.7 Å². The third kappa shape index (κ3) is 4.39. The predicted octanol–water partition coefficient (Wildman–Crippen LogP) is 1.22. The van der Waals surface area contributed by atoms with Crippen molar-refractivity contribution in [2.75, 3.05) is 12.3 Å². The van der Waals surface area contributed by atoms with Crippen molar-refractivity contribution in [1.29, 1.82) is 0 Å². The van der Waals surface area contributed by atoms with E-state index in [4.69, 9.17) is 24.7 Å². The summed E-state index contributed by atoms with van der Waals surface area (Å²) in [6.07, 6.45) is -1.78. The van der Waals surface area contributed by atoms with E-state index < -0.39 is 30.6 Å². The number of rotatable bonds is 5. The van der Waals surface area contributed by atoms with Crippen LogP contribution in [0.2, 0.25) is 0 Å². The second kappa shape index (κ2) is 8.10. The normalized spacial score (nSPS) is 21.8. The first kappa shape index (κ1) is 20.0. The number of hydrogen-bond acceptors (Lipinski definition) is 11. The summed E-state index contributed by atoms with van der Waals surface area (Å²) >= 11 is 0.923. The van der Waals surface area contributed by atoms with Gasteiger partial charge in [-0.3, -0.25) is 14.2 Å². The van der Waals surface area contributed by atoms with Crippen molar-refractivity contribution in [2.24, 2.45) is 0 Å². The van der Waals surface area contributed by atoms with Crippen LogP contribution >= 0.6 is 11.3 Å². The maximum absolute atomic E-state index is 12.5. The molecule has 0 aromatic carbocycles. The molecule has 1 aliphatic rings.